The average molecular weight is 372 g/mol. The third-order valence-electron chi connectivity index (χ3n) is 4.73. The number of piperidine rings is 1. The van der Waals surface area contributed by atoms with Gasteiger partial charge in [-0.05, 0) is 58.8 Å². The van der Waals surface area contributed by atoms with Crippen molar-refractivity contribution in [2.75, 3.05) is 44.7 Å². The molecule has 1 N–H and O–H groups in total. The van der Waals surface area contributed by atoms with Crippen LogP contribution in [0.3, 0.4) is 0 Å². The second-order valence-corrected chi connectivity index (χ2v) is 9.31. The van der Waals surface area contributed by atoms with Gasteiger partial charge in [0.05, 0.1) is 0 Å². The van der Waals surface area contributed by atoms with Crippen LogP contribution >= 0.6 is 11.8 Å². The molecule has 0 aromatic carbocycles. The van der Waals surface area contributed by atoms with Gasteiger partial charge in [-0.2, -0.15) is 11.8 Å². The molecular formula is C18H33N3O3S. The number of ether oxygens (including phenoxy) is 1. The number of nitrogens with one attached hydrogen (secondary N) is 1. The van der Waals surface area contributed by atoms with Crippen molar-refractivity contribution in [1.82, 2.24) is 15.1 Å². The Labute approximate surface area is 156 Å². The maximum Gasteiger partial charge on any atom is 0.408 e. The van der Waals surface area contributed by atoms with Gasteiger partial charge in [0.25, 0.3) is 0 Å². The van der Waals surface area contributed by atoms with Gasteiger partial charge in [-0.1, -0.05) is 0 Å². The number of hydrogen-bond donors (Lipinski definition) is 1. The summed E-state index contributed by atoms with van der Waals surface area (Å²) >= 11 is 2.03. The van der Waals surface area contributed by atoms with E-state index in [1.807, 2.05) is 37.4 Å². The molecule has 0 unspecified atom stereocenters. The van der Waals surface area contributed by atoms with Gasteiger partial charge < -0.3 is 19.9 Å². The van der Waals surface area contributed by atoms with E-state index < -0.39 is 11.7 Å². The van der Waals surface area contributed by atoms with Crippen molar-refractivity contribution in [3.05, 3.63) is 0 Å². The van der Waals surface area contributed by atoms with Crippen molar-refractivity contribution in [3.8, 4) is 0 Å². The first kappa shape index (κ1) is 20.4. The van der Waals surface area contributed by atoms with E-state index in [-0.39, 0.29) is 12.5 Å². The molecule has 2 atom stereocenters. The van der Waals surface area contributed by atoms with Crippen LogP contribution in [0, 0.1) is 5.92 Å². The molecule has 144 valence electrons. The molecule has 2 fully saturated rings. The third kappa shape index (κ3) is 7.05. The van der Waals surface area contributed by atoms with Crippen LogP contribution in [-0.4, -0.2) is 78.2 Å². The van der Waals surface area contributed by atoms with E-state index in [1.54, 1.807) is 0 Å². The standard InChI is InChI=1S/C18H33N3O3S/c1-18(2,3)24-17(23)19-10-16(22)21-8-5-6-14(12-21)11-20(4)15-7-9-25-13-15/h14-15H,5-13H2,1-4H3,(H,19,23)/t14-,15+/m1/s1. The van der Waals surface area contributed by atoms with Crippen LogP contribution in [-0.2, 0) is 9.53 Å². The number of alkyl carbamates (subject to hydrolysis) is 1. The highest BCUT2D eigenvalue weighted by Gasteiger charge is 2.28. The average Bonchev–Trinajstić information content (AvgIpc) is 3.06. The first-order valence-electron chi connectivity index (χ1n) is 9.27. The predicted octanol–water partition coefficient (Wildman–Crippen LogP) is 2.19. The molecular weight excluding hydrogens is 338 g/mol. The van der Waals surface area contributed by atoms with E-state index in [0.29, 0.717) is 12.0 Å². The van der Waals surface area contributed by atoms with E-state index >= 15 is 0 Å². The van der Waals surface area contributed by atoms with E-state index in [9.17, 15) is 9.59 Å². The maximum atomic E-state index is 12.4. The van der Waals surface area contributed by atoms with E-state index in [1.165, 1.54) is 24.3 Å². The third-order valence-corrected chi connectivity index (χ3v) is 5.87. The summed E-state index contributed by atoms with van der Waals surface area (Å²) in [5.41, 5.74) is -0.549. The number of thioether (sulfide) groups is 1. The van der Waals surface area contributed by atoms with Gasteiger partial charge in [-0.25, -0.2) is 4.79 Å². The Morgan fingerprint density at radius 2 is 2.08 bits per heavy atom. The van der Waals surface area contributed by atoms with Gasteiger partial charge in [-0.3, -0.25) is 4.79 Å². The van der Waals surface area contributed by atoms with Crippen molar-refractivity contribution in [1.29, 1.82) is 0 Å². The van der Waals surface area contributed by atoms with Crippen LogP contribution in [0.5, 0.6) is 0 Å². The molecule has 0 aromatic rings. The van der Waals surface area contributed by atoms with Crippen LogP contribution in [0.4, 0.5) is 4.79 Å². The molecule has 2 aliphatic rings. The van der Waals surface area contributed by atoms with Crippen molar-refractivity contribution >= 4 is 23.8 Å². The molecule has 0 bridgehead atoms. The SMILES string of the molecule is CN(C[C@H]1CCCN(C(=O)CNC(=O)OC(C)(C)C)C1)[C@H]1CCSC1. The molecule has 2 amide bonds. The van der Waals surface area contributed by atoms with Crippen molar-refractivity contribution in [2.24, 2.45) is 5.92 Å². The number of carbonyl (C=O) groups excluding carboxylic acids is 2. The Hall–Kier alpha value is -0.950. The zero-order valence-corrected chi connectivity index (χ0v) is 16.9. The fourth-order valence-electron chi connectivity index (χ4n) is 3.44. The lowest BCUT2D eigenvalue weighted by atomic mass is 9.97. The van der Waals surface area contributed by atoms with Gasteiger partial charge in [0, 0.05) is 31.4 Å². The van der Waals surface area contributed by atoms with Crippen LogP contribution in [0.15, 0.2) is 0 Å². The summed E-state index contributed by atoms with van der Waals surface area (Å²) < 4.78 is 5.18. The molecule has 2 rings (SSSR count). The van der Waals surface area contributed by atoms with Gasteiger partial charge in [-0.15, -0.1) is 0 Å². The van der Waals surface area contributed by atoms with Gasteiger partial charge in [0.2, 0.25) is 5.91 Å². The van der Waals surface area contributed by atoms with Crippen molar-refractivity contribution in [3.63, 3.8) is 0 Å². The molecule has 0 spiro atoms. The van der Waals surface area contributed by atoms with Crippen molar-refractivity contribution < 1.29 is 14.3 Å². The minimum atomic E-state index is -0.549. The number of nitrogens with zero attached hydrogens (tertiary/aromatic N) is 2. The molecule has 0 aliphatic carbocycles. The molecule has 2 saturated heterocycles. The lowest BCUT2D eigenvalue weighted by molar-refractivity contribution is -0.132. The number of rotatable bonds is 5. The summed E-state index contributed by atoms with van der Waals surface area (Å²) in [7, 11) is 2.21. The van der Waals surface area contributed by atoms with Gasteiger partial charge in [0.15, 0.2) is 0 Å². The molecule has 0 radical (unpaired) electrons. The molecule has 2 heterocycles. The Morgan fingerprint density at radius 3 is 2.72 bits per heavy atom. The minimum Gasteiger partial charge on any atom is -0.444 e. The van der Waals surface area contributed by atoms with Crippen LogP contribution in [0.25, 0.3) is 0 Å². The molecule has 25 heavy (non-hydrogen) atoms. The largest absolute Gasteiger partial charge is 0.444 e. The summed E-state index contributed by atoms with van der Waals surface area (Å²) in [6.45, 7) is 8.06. The Kier molecular flexibility index (Phi) is 7.43. The fourth-order valence-corrected chi connectivity index (χ4v) is 4.74. The monoisotopic (exact) mass is 371 g/mol. The first-order valence-corrected chi connectivity index (χ1v) is 10.4. The Bertz CT molecular complexity index is 461. The molecule has 2 aliphatic heterocycles. The van der Waals surface area contributed by atoms with Gasteiger partial charge >= 0.3 is 6.09 Å². The zero-order valence-electron chi connectivity index (χ0n) is 16.0. The van der Waals surface area contributed by atoms with Crippen molar-refractivity contribution in [2.45, 2.75) is 51.7 Å². The first-order chi connectivity index (χ1) is 11.7. The quantitative estimate of drug-likeness (QED) is 0.803. The highest BCUT2D eigenvalue weighted by Crippen LogP contribution is 2.24. The lowest BCUT2D eigenvalue weighted by Gasteiger charge is -2.36. The van der Waals surface area contributed by atoms with Crippen LogP contribution in [0.2, 0.25) is 0 Å². The summed E-state index contributed by atoms with van der Waals surface area (Å²) in [6, 6.07) is 0.685. The summed E-state index contributed by atoms with van der Waals surface area (Å²) in [5.74, 6) is 3.00. The second-order valence-electron chi connectivity index (χ2n) is 8.16. The lowest BCUT2D eigenvalue weighted by Crippen LogP contribution is -2.48. The minimum absolute atomic E-state index is 0.0107. The molecule has 0 aromatic heterocycles. The van der Waals surface area contributed by atoms with Crippen LogP contribution < -0.4 is 5.32 Å². The second kappa shape index (κ2) is 9.12. The Morgan fingerprint density at radius 1 is 1.32 bits per heavy atom. The normalized spacial score (nSPS) is 24.4. The topological polar surface area (TPSA) is 61.9 Å². The van der Waals surface area contributed by atoms with E-state index in [4.69, 9.17) is 4.74 Å². The highest BCUT2D eigenvalue weighted by molar-refractivity contribution is 7.99. The maximum absolute atomic E-state index is 12.4. The predicted molar refractivity (Wildman–Crippen MR) is 102 cm³/mol. The molecule has 7 heteroatoms. The van der Waals surface area contributed by atoms with Gasteiger partial charge in [0.1, 0.15) is 12.1 Å². The number of likely N-dealkylation sites (tertiary alicyclic amines) is 1. The molecule has 0 saturated carbocycles. The number of hydrogen-bond acceptors (Lipinski definition) is 5. The van der Waals surface area contributed by atoms with Crippen LogP contribution in [0.1, 0.15) is 40.0 Å². The zero-order chi connectivity index (χ0) is 18.4. The Balaban J connectivity index is 1.73. The smallest absolute Gasteiger partial charge is 0.408 e. The summed E-state index contributed by atoms with van der Waals surface area (Å²) in [5, 5.41) is 2.57. The summed E-state index contributed by atoms with van der Waals surface area (Å²) in [6.07, 6.45) is 2.95. The molecule has 6 nitrogen and oxygen atoms in total. The highest BCUT2D eigenvalue weighted by atomic mass is 32.2. The fraction of sp³-hybridized carbons (Fsp3) is 0.889. The van der Waals surface area contributed by atoms with E-state index in [0.717, 1.165) is 26.1 Å². The number of carbonyl (C=O) groups is 2. The van der Waals surface area contributed by atoms with E-state index in [2.05, 4.69) is 17.3 Å². The summed E-state index contributed by atoms with van der Waals surface area (Å²) in [4.78, 5) is 28.4. The number of amides is 2.